The third-order valence-corrected chi connectivity index (χ3v) is 4.60. The second-order valence-corrected chi connectivity index (χ2v) is 6.05. The number of hydrogen-bond acceptors (Lipinski definition) is 6. The summed E-state index contributed by atoms with van der Waals surface area (Å²) in [4.78, 5) is 11.2. The van der Waals surface area contributed by atoms with Crippen LogP contribution in [0.1, 0.15) is 13.8 Å². The molecule has 0 fully saturated rings. The monoisotopic (exact) mass is 285 g/mol. The molecule has 0 aliphatic carbocycles. The number of nitrogens with one attached hydrogen (secondary N) is 1. The zero-order chi connectivity index (χ0) is 13.3. The van der Waals surface area contributed by atoms with Crippen LogP contribution in [0.15, 0.2) is 23.1 Å². The van der Waals surface area contributed by atoms with Crippen molar-refractivity contribution in [2.45, 2.75) is 24.8 Å². The first kappa shape index (κ1) is 13.1. The average molecular weight is 285 g/mol. The van der Waals surface area contributed by atoms with Crippen molar-refractivity contribution in [1.29, 1.82) is 0 Å². The highest BCUT2D eigenvalue weighted by atomic mass is 32.2. The number of carbonyl (C=O) groups excluding carboxylic acids is 1. The summed E-state index contributed by atoms with van der Waals surface area (Å²) in [5.74, 6) is -0.248. The molecule has 2 aromatic rings. The van der Waals surface area contributed by atoms with E-state index in [-0.39, 0.29) is 10.7 Å². The summed E-state index contributed by atoms with van der Waals surface area (Å²) in [6.45, 7) is 2.83. The second kappa shape index (κ2) is 4.71. The third-order valence-electron chi connectivity index (χ3n) is 2.48. The van der Waals surface area contributed by atoms with Gasteiger partial charge in [-0.05, 0) is 26.0 Å². The maximum Gasteiger partial charge on any atom is 0.243 e. The van der Waals surface area contributed by atoms with Crippen molar-refractivity contribution in [3.8, 4) is 0 Å². The Bertz CT molecular complexity index is 693. The fourth-order valence-corrected chi connectivity index (χ4v) is 3.41. The summed E-state index contributed by atoms with van der Waals surface area (Å²) in [7, 11) is -3.77. The van der Waals surface area contributed by atoms with Crippen LogP contribution in [-0.2, 0) is 14.8 Å². The van der Waals surface area contributed by atoms with E-state index in [1.807, 2.05) is 0 Å². The van der Waals surface area contributed by atoms with Gasteiger partial charge in [-0.2, -0.15) is 8.75 Å². The first-order valence-electron chi connectivity index (χ1n) is 5.16. The molecule has 6 nitrogen and oxygen atoms in total. The standard InChI is InChI=1S/C10H11N3O3S2/c1-6(7(2)14)13-18(15,16)9-5-3-4-8-10(9)12-17-11-8/h3-6,13H,1-2H3. The molecule has 1 heterocycles. The SMILES string of the molecule is CC(=O)C(C)NS(=O)(=O)c1cccc2nsnc12. The van der Waals surface area contributed by atoms with Crippen LogP contribution >= 0.6 is 11.7 Å². The molecule has 96 valence electrons. The molecule has 0 aliphatic heterocycles. The first-order valence-corrected chi connectivity index (χ1v) is 7.37. The molecule has 2 rings (SSSR count). The topological polar surface area (TPSA) is 89.0 Å². The summed E-state index contributed by atoms with van der Waals surface area (Å²) >= 11 is 0.949. The highest BCUT2D eigenvalue weighted by Crippen LogP contribution is 2.21. The van der Waals surface area contributed by atoms with Gasteiger partial charge in [-0.1, -0.05) is 6.07 Å². The summed E-state index contributed by atoms with van der Waals surface area (Å²) in [6.07, 6.45) is 0. The van der Waals surface area contributed by atoms with Gasteiger partial charge in [0.25, 0.3) is 0 Å². The number of sulfonamides is 1. The molecular formula is C10H11N3O3S2. The van der Waals surface area contributed by atoms with Crippen LogP contribution < -0.4 is 4.72 Å². The molecule has 1 unspecified atom stereocenters. The Hall–Kier alpha value is -1.38. The molecule has 0 spiro atoms. The molecule has 1 atom stereocenters. The van der Waals surface area contributed by atoms with Gasteiger partial charge < -0.3 is 0 Å². The normalized spacial score (nSPS) is 13.7. The molecule has 1 aromatic carbocycles. The van der Waals surface area contributed by atoms with E-state index in [1.165, 1.54) is 19.9 Å². The van der Waals surface area contributed by atoms with Crippen molar-refractivity contribution in [1.82, 2.24) is 13.5 Å². The average Bonchev–Trinajstić information content (AvgIpc) is 2.75. The van der Waals surface area contributed by atoms with Crippen molar-refractivity contribution < 1.29 is 13.2 Å². The highest BCUT2D eigenvalue weighted by Gasteiger charge is 2.23. The van der Waals surface area contributed by atoms with E-state index in [4.69, 9.17) is 0 Å². The quantitative estimate of drug-likeness (QED) is 0.903. The van der Waals surface area contributed by atoms with Gasteiger partial charge in [-0.25, -0.2) is 13.1 Å². The number of ketones is 1. The summed E-state index contributed by atoms with van der Waals surface area (Å²) < 4.78 is 34.5. The van der Waals surface area contributed by atoms with Gasteiger partial charge in [-0.15, -0.1) is 0 Å². The van der Waals surface area contributed by atoms with Gasteiger partial charge in [0, 0.05) is 0 Å². The van der Waals surface area contributed by atoms with E-state index in [2.05, 4.69) is 13.5 Å². The molecule has 18 heavy (non-hydrogen) atoms. The van der Waals surface area contributed by atoms with E-state index in [0.29, 0.717) is 11.0 Å². The second-order valence-electron chi connectivity index (χ2n) is 3.84. The van der Waals surface area contributed by atoms with Crippen molar-refractivity contribution in [3.05, 3.63) is 18.2 Å². The van der Waals surface area contributed by atoms with Crippen LogP contribution in [0.3, 0.4) is 0 Å². The molecule has 0 radical (unpaired) electrons. The van der Waals surface area contributed by atoms with Crippen LogP contribution in [0.4, 0.5) is 0 Å². The van der Waals surface area contributed by atoms with Gasteiger partial charge in [-0.3, -0.25) is 4.79 Å². The largest absolute Gasteiger partial charge is 0.298 e. The minimum absolute atomic E-state index is 0.0434. The van der Waals surface area contributed by atoms with Crippen LogP contribution in [0, 0.1) is 0 Å². The summed E-state index contributed by atoms with van der Waals surface area (Å²) in [6, 6.07) is 3.96. The minimum atomic E-state index is -3.77. The Kier molecular flexibility index (Phi) is 3.42. The van der Waals surface area contributed by atoms with Crippen molar-refractivity contribution >= 4 is 38.6 Å². The van der Waals surface area contributed by atoms with Crippen molar-refractivity contribution in [2.24, 2.45) is 0 Å². The first-order chi connectivity index (χ1) is 8.42. The Morgan fingerprint density at radius 3 is 2.78 bits per heavy atom. The Morgan fingerprint density at radius 2 is 2.11 bits per heavy atom. The minimum Gasteiger partial charge on any atom is -0.298 e. The zero-order valence-electron chi connectivity index (χ0n) is 9.75. The molecule has 0 aliphatic rings. The summed E-state index contributed by atoms with van der Waals surface area (Å²) in [5, 5.41) is 0. The fraction of sp³-hybridized carbons (Fsp3) is 0.300. The lowest BCUT2D eigenvalue weighted by molar-refractivity contribution is -0.118. The van der Waals surface area contributed by atoms with E-state index in [9.17, 15) is 13.2 Å². The lowest BCUT2D eigenvalue weighted by Crippen LogP contribution is -2.37. The lowest BCUT2D eigenvalue weighted by atomic mass is 10.3. The number of rotatable bonds is 4. The number of carbonyl (C=O) groups is 1. The van der Waals surface area contributed by atoms with Gasteiger partial charge >= 0.3 is 0 Å². The van der Waals surface area contributed by atoms with E-state index in [1.54, 1.807) is 12.1 Å². The van der Waals surface area contributed by atoms with Crippen LogP contribution in [0.25, 0.3) is 11.0 Å². The van der Waals surface area contributed by atoms with E-state index in [0.717, 1.165) is 11.7 Å². The Balaban J connectivity index is 2.47. The van der Waals surface area contributed by atoms with Crippen LogP contribution in [0.2, 0.25) is 0 Å². The van der Waals surface area contributed by atoms with Gasteiger partial charge in [0.2, 0.25) is 10.0 Å². The molecular weight excluding hydrogens is 274 g/mol. The molecule has 1 aromatic heterocycles. The van der Waals surface area contributed by atoms with Crippen LogP contribution in [-0.4, -0.2) is 29.0 Å². The maximum absolute atomic E-state index is 12.1. The number of benzene rings is 1. The number of Topliss-reactive ketones (excluding diaryl/α,β-unsaturated/α-hetero) is 1. The van der Waals surface area contributed by atoms with Crippen LogP contribution in [0.5, 0.6) is 0 Å². The Morgan fingerprint density at radius 1 is 1.39 bits per heavy atom. The number of fused-ring (bicyclic) bond motifs is 1. The number of hydrogen-bond donors (Lipinski definition) is 1. The molecule has 0 saturated heterocycles. The maximum atomic E-state index is 12.1. The third kappa shape index (κ3) is 2.40. The van der Waals surface area contributed by atoms with Crippen molar-refractivity contribution in [3.63, 3.8) is 0 Å². The lowest BCUT2D eigenvalue weighted by Gasteiger charge is -2.11. The molecule has 0 saturated carbocycles. The number of nitrogens with zero attached hydrogens (tertiary/aromatic N) is 2. The fourth-order valence-electron chi connectivity index (χ4n) is 1.38. The molecule has 8 heteroatoms. The van der Waals surface area contributed by atoms with E-state index >= 15 is 0 Å². The molecule has 1 N–H and O–H groups in total. The number of aromatic nitrogens is 2. The van der Waals surface area contributed by atoms with Gasteiger partial charge in [0.05, 0.1) is 17.8 Å². The highest BCUT2D eigenvalue weighted by molar-refractivity contribution is 7.89. The zero-order valence-corrected chi connectivity index (χ0v) is 11.4. The van der Waals surface area contributed by atoms with Gasteiger partial charge in [0.15, 0.2) is 0 Å². The predicted molar refractivity (Wildman–Crippen MR) is 67.9 cm³/mol. The van der Waals surface area contributed by atoms with Crippen molar-refractivity contribution in [2.75, 3.05) is 0 Å². The van der Waals surface area contributed by atoms with E-state index < -0.39 is 16.1 Å². The Labute approximate surface area is 108 Å². The predicted octanol–water partition coefficient (Wildman–Crippen LogP) is 0.947. The molecule has 0 amide bonds. The summed E-state index contributed by atoms with van der Waals surface area (Å²) in [5.41, 5.74) is 0.851. The van der Waals surface area contributed by atoms with Gasteiger partial charge in [0.1, 0.15) is 21.7 Å². The molecule has 0 bridgehead atoms. The smallest absolute Gasteiger partial charge is 0.243 e.